The van der Waals surface area contributed by atoms with Crippen molar-refractivity contribution in [1.82, 2.24) is 0 Å². The minimum atomic E-state index is -1.83. The first kappa shape index (κ1) is 52.2. The van der Waals surface area contributed by atoms with Gasteiger partial charge in [-0.05, 0) is 40.3 Å². The Kier molecular flexibility index (Phi) is 18.7. The van der Waals surface area contributed by atoms with Gasteiger partial charge in [0.25, 0.3) is 6.47 Å². The second kappa shape index (κ2) is 23.3. The van der Waals surface area contributed by atoms with Crippen LogP contribution < -0.4 is 0 Å². The van der Waals surface area contributed by atoms with Crippen LogP contribution in [0.15, 0.2) is 15.3 Å². The molecule has 25 atom stereocenters. The first-order valence-electron chi connectivity index (χ1n) is 21.1. The molecule has 366 valence electrons. The maximum atomic E-state index is 12.7. The van der Waals surface area contributed by atoms with E-state index in [0.29, 0.717) is 0 Å². The van der Waals surface area contributed by atoms with Crippen molar-refractivity contribution in [2.45, 2.75) is 158 Å². The Hall–Kier alpha value is -3.73. The molecule has 5 heterocycles. The molecule has 0 radical (unpaired) electrons. The van der Waals surface area contributed by atoms with E-state index in [1.54, 1.807) is 27.7 Å². The lowest BCUT2D eigenvalue weighted by atomic mass is 9.81. The molecule has 0 spiro atoms. The highest BCUT2D eigenvalue weighted by atomic mass is 16.8. The van der Waals surface area contributed by atoms with Crippen LogP contribution in [-0.2, 0) is 61.7 Å². The Morgan fingerprint density at radius 3 is 1.63 bits per heavy atom. The standard InChI is InChI=1S/C37H59N9O19/c1-12-13(2)21(41-44-38)34(57-18(12)8-47)61-27-14(3)15(4)32(64-30(27)31(53)54)63-29-20(10-49)59-35(23(25(29)52)43-46-40)62-28-17(6)24(51)36(65-37(28)56-11-50)60-26-16(5)22(42-45-39)33(55-7)58-19(26)9-48/h11-30,32-37,47-49,51-52H,8-10H2,1-7H3,(H,53,54)/t12-,13-,14+,15?,16+,17+,18-,19?,20-,21?,22?,23?,24?,25+,26-,27-,28-,29+,30+,32+,33-,34+,35+,36+,37?/m0/s1. The van der Waals surface area contributed by atoms with E-state index < -0.39 is 160 Å². The molecule has 65 heavy (non-hydrogen) atoms. The van der Waals surface area contributed by atoms with Gasteiger partial charge in [-0.3, -0.25) is 4.79 Å². The third-order valence-electron chi connectivity index (χ3n) is 13.3. The number of aliphatic carboxylic acids is 1. The summed E-state index contributed by atoms with van der Waals surface area (Å²) < 4.78 is 64.7. The van der Waals surface area contributed by atoms with Gasteiger partial charge < -0.3 is 82.7 Å². The molecule has 6 N–H and O–H groups in total. The highest BCUT2D eigenvalue weighted by Crippen LogP contribution is 2.42. The number of nitrogens with zero attached hydrogens (tertiary/aromatic N) is 9. The third-order valence-corrected chi connectivity index (χ3v) is 13.3. The summed E-state index contributed by atoms with van der Waals surface area (Å²) in [5, 5.41) is 75.5. The molecule has 0 aromatic carbocycles. The van der Waals surface area contributed by atoms with Crippen LogP contribution in [0.5, 0.6) is 0 Å². The molecule has 5 aliphatic rings. The quantitative estimate of drug-likeness (QED) is 0.0473. The van der Waals surface area contributed by atoms with E-state index in [2.05, 4.69) is 30.1 Å². The number of carbonyl (C=O) groups is 2. The summed E-state index contributed by atoms with van der Waals surface area (Å²) >= 11 is 0. The van der Waals surface area contributed by atoms with Gasteiger partial charge in [0.1, 0.15) is 42.7 Å². The zero-order chi connectivity index (χ0) is 47.9. The number of carbonyl (C=O) groups excluding carboxylic acids is 1. The van der Waals surface area contributed by atoms with E-state index in [9.17, 15) is 51.3 Å². The highest BCUT2D eigenvalue weighted by Gasteiger charge is 2.56. The minimum Gasteiger partial charge on any atom is -0.479 e. The maximum Gasteiger partial charge on any atom is 0.335 e. The van der Waals surface area contributed by atoms with Crippen molar-refractivity contribution in [2.75, 3.05) is 26.9 Å². The fourth-order valence-electron chi connectivity index (χ4n) is 9.00. The Balaban J connectivity index is 1.32. The van der Waals surface area contributed by atoms with Gasteiger partial charge in [0, 0.05) is 33.7 Å². The van der Waals surface area contributed by atoms with E-state index >= 15 is 0 Å². The fraction of sp³-hybridized carbons (Fsp3) is 0.946. The molecule has 5 rings (SSSR count). The third kappa shape index (κ3) is 11.0. The van der Waals surface area contributed by atoms with Gasteiger partial charge in [0.2, 0.25) is 6.29 Å². The number of aliphatic hydroxyl groups is 5. The number of azide groups is 3. The molecular weight excluding hydrogens is 874 g/mol. The monoisotopic (exact) mass is 933 g/mol. The molecule has 0 aromatic heterocycles. The molecule has 5 fully saturated rings. The molecule has 0 aromatic rings. The molecule has 7 unspecified atom stereocenters. The summed E-state index contributed by atoms with van der Waals surface area (Å²) in [6.45, 7) is 8.29. The van der Waals surface area contributed by atoms with Crippen LogP contribution in [-0.4, -0.2) is 187 Å². The number of aliphatic hydroxyl groups excluding tert-OH is 5. The van der Waals surface area contributed by atoms with Crippen molar-refractivity contribution in [3.05, 3.63) is 31.3 Å². The van der Waals surface area contributed by atoms with Crippen LogP contribution in [0.25, 0.3) is 31.3 Å². The van der Waals surface area contributed by atoms with Crippen LogP contribution in [0.4, 0.5) is 0 Å². The number of methoxy groups -OCH3 is 1. The highest BCUT2D eigenvalue weighted by molar-refractivity contribution is 5.73. The molecule has 28 heteroatoms. The van der Waals surface area contributed by atoms with E-state index in [4.69, 9.17) is 57.6 Å². The van der Waals surface area contributed by atoms with Crippen molar-refractivity contribution in [3.63, 3.8) is 0 Å². The molecule has 28 nitrogen and oxygen atoms in total. The summed E-state index contributed by atoms with van der Waals surface area (Å²) in [5.74, 6) is -5.15. The second-order valence-electron chi connectivity index (χ2n) is 16.9. The molecule has 0 bridgehead atoms. The molecule has 0 saturated carbocycles. The van der Waals surface area contributed by atoms with Gasteiger partial charge in [-0.1, -0.05) is 56.9 Å². The lowest BCUT2D eigenvalue weighted by Crippen LogP contribution is -2.65. The number of hydrogen-bond donors (Lipinski definition) is 6. The number of carboxylic acids is 1. The molecule has 0 amide bonds. The zero-order valence-corrected chi connectivity index (χ0v) is 36.6. The van der Waals surface area contributed by atoms with Crippen molar-refractivity contribution in [3.8, 4) is 0 Å². The van der Waals surface area contributed by atoms with Gasteiger partial charge in [-0.15, -0.1) is 0 Å². The average molecular weight is 934 g/mol. The second-order valence-corrected chi connectivity index (χ2v) is 16.9. The lowest BCUT2D eigenvalue weighted by Gasteiger charge is -2.50. The van der Waals surface area contributed by atoms with E-state index in [0.717, 1.165) is 0 Å². The number of carboxylic acid groups (broad SMARTS) is 1. The number of rotatable bonds is 18. The normalized spacial score (nSPS) is 46.7. The summed E-state index contributed by atoms with van der Waals surface area (Å²) in [4.78, 5) is 33.1. The van der Waals surface area contributed by atoms with Crippen molar-refractivity contribution >= 4 is 12.4 Å². The van der Waals surface area contributed by atoms with Crippen LogP contribution in [0, 0.1) is 35.5 Å². The van der Waals surface area contributed by atoms with Gasteiger partial charge in [-0.25, -0.2) is 4.79 Å². The van der Waals surface area contributed by atoms with Crippen molar-refractivity contribution in [1.29, 1.82) is 0 Å². The van der Waals surface area contributed by atoms with E-state index in [-0.39, 0.29) is 24.9 Å². The van der Waals surface area contributed by atoms with Crippen LogP contribution in [0.2, 0.25) is 0 Å². The molecular formula is C37H59N9O19. The molecule has 0 aliphatic carbocycles. The van der Waals surface area contributed by atoms with Crippen LogP contribution >= 0.6 is 0 Å². The predicted molar refractivity (Wildman–Crippen MR) is 212 cm³/mol. The first-order valence-corrected chi connectivity index (χ1v) is 21.1. The number of hydrogen-bond acceptors (Lipinski definition) is 21. The van der Waals surface area contributed by atoms with E-state index in [1.807, 2.05) is 6.92 Å². The lowest BCUT2D eigenvalue weighted by molar-refractivity contribution is -0.385. The topological polar surface area (TPSA) is 403 Å². The molecule has 5 aliphatic heterocycles. The largest absolute Gasteiger partial charge is 0.479 e. The molecule has 5 saturated heterocycles. The van der Waals surface area contributed by atoms with Crippen LogP contribution in [0.1, 0.15) is 41.5 Å². The Bertz CT molecular complexity index is 1740. The predicted octanol–water partition coefficient (Wildman–Crippen LogP) is 0.565. The minimum absolute atomic E-state index is 0.0357. The smallest absolute Gasteiger partial charge is 0.335 e. The average Bonchev–Trinajstić information content (AvgIpc) is 3.29. The maximum absolute atomic E-state index is 12.7. The van der Waals surface area contributed by atoms with Gasteiger partial charge in [0.15, 0.2) is 37.6 Å². The van der Waals surface area contributed by atoms with Gasteiger partial charge in [0.05, 0.1) is 50.2 Å². The summed E-state index contributed by atoms with van der Waals surface area (Å²) in [6, 6.07) is -3.47. The number of ether oxygens (including phenoxy) is 11. The van der Waals surface area contributed by atoms with Crippen molar-refractivity contribution in [2.24, 2.45) is 50.9 Å². The van der Waals surface area contributed by atoms with E-state index in [1.165, 1.54) is 14.0 Å². The Morgan fingerprint density at radius 1 is 0.554 bits per heavy atom. The Labute approximate surface area is 372 Å². The Morgan fingerprint density at radius 2 is 1.06 bits per heavy atom. The van der Waals surface area contributed by atoms with Crippen molar-refractivity contribution < 1.29 is 92.3 Å². The fourth-order valence-corrected chi connectivity index (χ4v) is 9.00. The van der Waals surface area contributed by atoms with Crippen LogP contribution in [0.3, 0.4) is 0 Å². The summed E-state index contributed by atoms with van der Waals surface area (Å²) in [7, 11) is 1.32. The summed E-state index contributed by atoms with van der Waals surface area (Å²) in [5.41, 5.74) is 28.0. The van der Waals surface area contributed by atoms with Gasteiger partial charge >= 0.3 is 5.97 Å². The SMILES string of the molecule is CO[C@H]1OC(CO)[C@@H](O[C@@H]2OC(OC=O)[C@@H](O[C@H]3O[C@@H](CO)[C@@H](O[C@@H]4O[C@@H](C(=O)O)[C@@H](O[C@H]5O[C@@H](CO)[C@@H](C)[C@H](C)C5N=[N+]=[N-])[C@H](C)C4C)[C@H](O)C3N=[N+]=[N-])[C@H](C)C2O)[C@H](C)C1N=[N+]=[N-]. The van der Waals surface area contributed by atoms with Gasteiger partial charge in [-0.2, -0.15) is 0 Å². The zero-order valence-electron chi connectivity index (χ0n) is 36.6. The summed E-state index contributed by atoms with van der Waals surface area (Å²) in [6.07, 6.45) is -22.2. The first-order chi connectivity index (χ1) is 31.0.